The van der Waals surface area contributed by atoms with E-state index in [1.165, 1.54) is 18.6 Å². The summed E-state index contributed by atoms with van der Waals surface area (Å²) in [5.41, 5.74) is 0.942. The molecule has 0 aliphatic carbocycles. The first-order valence-corrected chi connectivity index (χ1v) is 10.5. The fourth-order valence-electron chi connectivity index (χ4n) is 2.66. The Balaban J connectivity index is 1.97. The number of sulfonamides is 1. The molecule has 0 spiro atoms. The number of esters is 1. The number of halogens is 1. The second-order valence-electron chi connectivity index (χ2n) is 5.45. The van der Waals surface area contributed by atoms with Gasteiger partial charge in [-0.2, -0.15) is 0 Å². The molecular formula is C16H17ClN2O5S2. The number of carbonyl (C=O) groups is 1. The lowest BCUT2D eigenvalue weighted by molar-refractivity contribution is 0.0602. The minimum absolute atomic E-state index is 0.0231. The summed E-state index contributed by atoms with van der Waals surface area (Å²) >= 11 is 7.34. The lowest BCUT2D eigenvalue weighted by atomic mass is 10.2. The van der Waals surface area contributed by atoms with E-state index in [4.69, 9.17) is 16.3 Å². The second kappa shape index (κ2) is 7.83. The van der Waals surface area contributed by atoms with E-state index in [0.29, 0.717) is 42.7 Å². The minimum Gasteiger partial charge on any atom is -0.465 e. The summed E-state index contributed by atoms with van der Waals surface area (Å²) in [4.78, 5) is 13.7. The van der Waals surface area contributed by atoms with Gasteiger partial charge in [0.1, 0.15) is 9.77 Å². The van der Waals surface area contributed by atoms with Crippen molar-refractivity contribution in [1.29, 1.82) is 0 Å². The number of carbonyl (C=O) groups excluding carboxylic acids is 1. The van der Waals surface area contributed by atoms with E-state index in [2.05, 4.69) is 9.46 Å². The largest absolute Gasteiger partial charge is 0.465 e. The Kier molecular flexibility index (Phi) is 5.71. The molecule has 26 heavy (non-hydrogen) atoms. The molecule has 1 saturated heterocycles. The van der Waals surface area contributed by atoms with Gasteiger partial charge in [0.2, 0.25) is 0 Å². The number of morpholine rings is 1. The van der Waals surface area contributed by atoms with E-state index in [1.54, 1.807) is 18.2 Å². The number of ether oxygens (including phenoxy) is 2. The normalized spacial score (nSPS) is 14.9. The number of benzene rings is 1. The number of nitrogens with zero attached hydrogens (tertiary/aromatic N) is 1. The van der Waals surface area contributed by atoms with Crippen LogP contribution in [0.3, 0.4) is 0 Å². The van der Waals surface area contributed by atoms with Crippen LogP contribution in [-0.4, -0.2) is 47.8 Å². The monoisotopic (exact) mass is 416 g/mol. The van der Waals surface area contributed by atoms with E-state index in [9.17, 15) is 13.2 Å². The van der Waals surface area contributed by atoms with Gasteiger partial charge in [-0.05, 0) is 23.6 Å². The van der Waals surface area contributed by atoms with Crippen LogP contribution in [0.4, 0.5) is 11.4 Å². The lowest BCUT2D eigenvalue weighted by Crippen LogP contribution is -2.37. The Morgan fingerprint density at radius 2 is 2.04 bits per heavy atom. The smallest absolute Gasteiger partial charge is 0.349 e. The van der Waals surface area contributed by atoms with Gasteiger partial charge in [-0.15, -0.1) is 11.3 Å². The Bertz CT molecular complexity index is 907. The first-order chi connectivity index (χ1) is 12.4. The molecule has 1 aliphatic heterocycles. The van der Waals surface area contributed by atoms with E-state index in [1.807, 2.05) is 4.90 Å². The molecule has 140 valence electrons. The molecule has 3 rings (SSSR count). The fourth-order valence-corrected chi connectivity index (χ4v) is 5.35. The molecule has 0 amide bonds. The molecule has 1 aromatic carbocycles. The molecule has 0 atom stereocenters. The highest BCUT2D eigenvalue weighted by atomic mass is 35.5. The van der Waals surface area contributed by atoms with Crippen LogP contribution < -0.4 is 9.62 Å². The minimum atomic E-state index is -3.99. The molecule has 1 N–H and O–H groups in total. The predicted octanol–water partition coefficient (Wildman–Crippen LogP) is 2.83. The van der Waals surface area contributed by atoms with Crippen molar-refractivity contribution in [2.45, 2.75) is 4.90 Å². The van der Waals surface area contributed by atoms with E-state index < -0.39 is 16.0 Å². The van der Waals surface area contributed by atoms with Gasteiger partial charge in [0.15, 0.2) is 0 Å². The highest BCUT2D eigenvalue weighted by Gasteiger charge is 2.27. The van der Waals surface area contributed by atoms with Gasteiger partial charge in [-0.25, -0.2) is 13.2 Å². The maximum absolute atomic E-state index is 12.9. The van der Waals surface area contributed by atoms with Crippen LogP contribution in [-0.2, 0) is 19.5 Å². The van der Waals surface area contributed by atoms with Gasteiger partial charge in [0.05, 0.1) is 36.7 Å². The third-order valence-corrected chi connectivity index (χ3v) is 6.58. The molecule has 0 radical (unpaired) electrons. The van der Waals surface area contributed by atoms with Crippen molar-refractivity contribution >= 4 is 50.3 Å². The van der Waals surface area contributed by atoms with Crippen molar-refractivity contribution in [2.75, 3.05) is 43.0 Å². The number of para-hydroxylation sites is 1. The average molecular weight is 417 g/mol. The summed E-state index contributed by atoms with van der Waals surface area (Å²) in [6.07, 6.45) is 0. The highest BCUT2D eigenvalue weighted by molar-refractivity contribution is 7.93. The molecule has 0 saturated carbocycles. The number of rotatable bonds is 5. The maximum atomic E-state index is 12.9. The number of hydrogen-bond donors (Lipinski definition) is 1. The topological polar surface area (TPSA) is 84.9 Å². The second-order valence-corrected chi connectivity index (χ2v) is 8.42. The van der Waals surface area contributed by atoms with Crippen molar-refractivity contribution in [3.05, 3.63) is 39.5 Å². The van der Waals surface area contributed by atoms with Crippen LogP contribution in [0.1, 0.15) is 9.67 Å². The summed E-state index contributed by atoms with van der Waals surface area (Å²) in [6, 6.07) is 6.38. The van der Waals surface area contributed by atoms with Gasteiger partial charge in [0, 0.05) is 13.1 Å². The van der Waals surface area contributed by atoms with E-state index >= 15 is 0 Å². The highest BCUT2D eigenvalue weighted by Crippen LogP contribution is 2.36. The maximum Gasteiger partial charge on any atom is 0.349 e. The zero-order valence-electron chi connectivity index (χ0n) is 13.9. The Morgan fingerprint density at radius 1 is 1.31 bits per heavy atom. The number of methoxy groups -OCH3 is 1. The van der Waals surface area contributed by atoms with Crippen molar-refractivity contribution < 1.29 is 22.7 Å². The summed E-state index contributed by atoms with van der Waals surface area (Å²) in [6.45, 7) is 2.28. The SMILES string of the molecule is COC(=O)c1sccc1S(=O)(=O)Nc1cccc(Cl)c1N1CCOCC1. The summed E-state index contributed by atoms with van der Waals surface area (Å²) in [5, 5.41) is 1.97. The molecule has 10 heteroatoms. The fraction of sp³-hybridized carbons (Fsp3) is 0.312. The third kappa shape index (κ3) is 3.80. The zero-order valence-corrected chi connectivity index (χ0v) is 16.3. The molecule has 2 heterocycles. The van der Waals surface area contributed by atoms with Gasteiger partial charge in [0.25, 0.3) is 10.0 Å². The number of nitrogens with one attached hydrogen (secondary N) is 1. The zero-order chi connectivity index (χ0) is 18.7. The van der Waals surface area contributed by atoms with Gasteiger partial charge < -0.3 is 14.4 Å². The van der Waals surface area contributed by atoms with E-state index in [-0.39, 0.29) is 9.77 Å². The van der Waals surface area contributed by atoms with Crippen LogP contribution in [0.2, 0.25) is 5.02 Å². The number of thiophene rings is 1. The molecule has 7 nitrogen and oxygen atoms in total. The molecule has 1 aliphatic rings. The van der Waals surface area contributed by atoms with Gasteiger partial charge >= 0.3 is 5.97 Å². The Hall–Kier alpha value is -1.81. The van der Waals surface area contributed by atoms with Crippen LogP contribution in [0, 0.1) is 0 Å². The van der Waals surface area contributed by atoms with Crippen molar-refractivity contribution in [3.8, 4) is 0 Å². The summed E-state index contributed by atoms with van der Waals surface area (Å²) in [7, 11) is -2.78. The molecule has 1 aromatic heterocycles. The first kappa shape index (κ1) is 19.0. The molecular weight excluding hydrogens is 400 g/mol. The van der Waals surface area contributed by atoms with Gasteiger partial charge in [-0.3, -0.25) is 4.72 Å². The first-order valence-electron chi connectivity index (χ1n) is 7.74. The van der Waals surface area contributed by atoms with Crippen molar-refractivity contribution in [1.82, 2.24) is 0 Å². The molecule has 2 aromatic rings. The number of hydrogen-bond acceptors (Lipinski definition) is 7. The average Bonchev–Trinajstić information content (AvgIpc) is 3.12. The van der Waals surface area contributed by atoms with Crippen LogP contribution in [0.25, 0.3) is 0 Å². The van der Waals surface area contributed by atoms with Crippen LogP contribution in [0.5, 0.6) is 0 Å². The third-order valence-electron chi connectivity index (χ3n) is 3.85. The van der Waals surface area contributed by atoms with E-state index in [0.717, 1.165) is 11.3 Å². The Labute approximate surface area is 160 Å². The number of anilines is 2. The molecule has 1 fully saturated rings. The van der Waals surface area contributed by atoms with Crippen molar-refractivity contribution in [3.63, 3.8) is 0 Å². The molecule has 0 bridgehead atoms. The summed E-state index contributed by atoms with van der Waals surface area (Å²) in [5.74, 6) is -0.695. The standard InChI is InChI=1S/C16H17ClN2O5S2/c1-23-16(20)15-13(5-10-25-15)26(21,22)18-12-4-2-3-11(17)14(12)19-6-8-24-9-7-19/h2-5,10,18H,6-9H2,1H3. The summed E-state index contributed by atoms with van der Waals surface area (Å²) < 4.78 is 38.3. The van der Waals surface area contributed by atoms with Gasteiger partial charge in [-0.1, -0.05) is 17.7 Å². The Morgan fingerprint density at radius 3 is 2.73 bits per heavy atom. The molecule has 0 unspecified atom stereocenters. The van der Waals surface area contributed by atoms with Crippen LogP contribution >= 0.6 is 22.9 Å². The predicted molar refractivity (Wildman–Crippen MR) is 101 cm³/mol. The lowest BCUT2D eigenvalue weighted by Gasteiger charge is -2.31. The van der Waals surface area contributed by atoms with Crippen LogP contribution in [0.15, 0.2) is 34.5 Å². The quantitative estimate of drug-likeness (QED) is 0.754. The van der Waals surface area contributed by atoms with Crippen molar-refractivity contribution in [2.24, 2.45) is 0 Å².